The van der Waals surface area contributed by atoms with E-state index in [0.29, 0.717) is 18.4 Å². The van der Waals surface area contributed by atoms with Crippen LogP contribution >= 0.6 is 11.8 Å². The van der Waals surface area contributed by atoms with Gasteiger partial charge in [-0.05, 0) is 19.2 Å². The predicted octanol–water partition coefficient (Wildman–Crippen LogP) is 3.06. The molecule has 2 N–H and O–H groups in total. The summed E-state index contributed by atoms with van der Waals surface area (Å²) < 4.78 is 5.66. The molecule has 0 bridgehead atoms. The Morgan fingerprint density at radius 3 is 2.86 bits per heavy atom. The molecule has 0 fully saturated rings. The molecule has 1 aromatic carbocycles. The van der Waals surface area contributed by atoms with Crippen LogP contribution in [-0.2, 0) is 6.54 Å². The van der Waals surface area contributed by atoms with Crippen molar-refractivity contribution in [3.05, 3.63) is 42.5 Å². The van der Waals surface area contributed by atoms with Crippen LogP contribution in [0.5, 0.6) is 5.75 Å². The monoisotopic (exact) mass is 321 g/mol. The first-order valence-electron chi connectivity index (χ1n) is 7.57. The maximum atomic E-state index is 5.66. The van der Waals surface area contributed by atoms with Gasteiger partial charge in [-0.1, -0.05) is 37.8 Å². The number of rotatable bonds is 9. The first-order chi connectivity index (χ1) is 10.7. The highest BCUT2D eigenvalue weighted by molar-refractivity contribution is 7.99. The van der Waals surface area contributed by atoms with Crippen LogP contribution in [0.1, 0.15) is 19.4 Å². The fourth-order valence-corrected chi connectivity index (χ4v) is 2.00. The van der Waals surface area contributed by atoms with Gasteiger partial charge in [-0.25, -0.2) is 4.99 Å². The summed E-state index contributed by atoms with van der Waals surface area (Å²) in [5, 5.41) is 7.18. The number of hydrogen-bond acceptors (Lipinski definition) is 3. The van der Waals surface area contributed by atoms with E-state index in [1.54, 1.807) is 6.08 Å². The summed E-state index contributed by atoms with van der Waals surface area (Å²) in [5.41, 5.74) is 1.07. The van der Waals surface area contributed by atoms with Crippen LogP contribution in [-0.4, -0.2) is 37.2 Å². The van der Waals surface area contributed by atoms with Gasteiger partial charge in [-0.3, -0.25) is 0 Å². The quantitative estimate of drug-likeness (QED) is 0.417. The zero-order chi connectivity index (χ0) is 16.2. The van der Waals surface area contributed by atoms with Crippen LogP contribution in [0.3, 0.4) is 0 Å². The van der Waals surface area contributed by atoms with Crippen molar-refractivity contribution >= 4 is 17.7 Å². The second-order valence-electron chi connectivity index (χ2n) is 4.83. The molecule has 1 aromatic rings. The highest BCUT2D eigenvalue weighted by atomic mass is 32.2. The van der Waals surface area contributed by atoms with E-state index in [9.17, 15) is 0 Å². The fourth-order valence-electron chi connectivity index (χ4n) is 1.75. The Hall–Kier alpha value is -1.62. The van der Waals surface area contributed by atoms with Gasteiger partial charge in [-0.2, -0.15) is 11.8 Å². The number of para-hydroxylation sites is 1. The van der Waals surface area contributed by atoms with E-state index in [0.717, 1.165) is 30.4 Å². The van der Waals surface area contributed by atoms with Gasteiger partial charge in [0.15, 0.2) is 5.96 Å². The molecule has 22 heavy (non-hydrogen) atoms. The Labute approximate surface area is 138 Å². The summed E-state index contributed by atoms with van der Waals surface area (Å²) >= 11 is 1.84. The lowest BCUT2D eigenvalue weighted by atomic mass is 10.2. The maximum absolute atomic E-state index is 5.66. The molecule has 1 atom stereocenters. The summed E-state index contributed by atoms with van der Waals surface area (Å²) in [7, 11) is 0. The van der Waals surface area contributed by atoms with E-state index in [1.807, 2.05) is 36.0 Å². The normalized spacial score (nSPS) is 12.6. The van der Waals surface area contributed by atoms with Crippen molar-refractivity contribution in [2.75, 3.05) is 26.0 Å². The Balaban J connectivity index is 2.70. The van der Waals surface area contributed by atoms with E-state index >= 15 is 0 Å². The Morgan fingerprint density at radius 1 is 1.41 bits per heavy atom. The van der Waals surface area contributed by atoms with Crippen molar-refractivity contribution in [3.8, 4) is 5.75 Å². The molecule has 0 aliphatic heterocycles. The van der Waals surface area contributed by atoms with Gasteiger partial charge in [0.05, 0.1) is 6.54 Å². The summed E-state index contributed by atoms with van der Waals surface area (Å²) in [5.74, 6) is 1.70. The van der Waals surface area contributed by atoms with Crippen LogP contribution in [0, 0.1) is 0 Å². The molecular formula is C17H27N3OS. The number of ether oxygens (including phenoxy) is 1. The molecule has 0 heterocycles. The molecule has 1 rings (SSSR count). The molecule has 4 nitrogen and oxygen atoms in total. The summed E-state index contributed by atoms with van der Waals surface area (Å²) in [4.78, 5) is 4.64. The second-order valence-corrected chi connectivity index (χ2v) is 6.11. The van der Waals surface area contributed by atoms with Crippen molar-refractivity contribution in [2.45, 2.75) is 25.6 Å². The highest BCUT2D eigenvalue weighted by Crippen LogP contribution is 2.18. The largest absolute Gasteiger partial charge is 0.489 e. The van der Waals surface area contributed by atoms with Gasteiger partial charge >= 0.3 is 0 Å². The molecule has 0 saturated heterocycles. The molecule has 5 heteroatoms. The molecule has 0 saturated carbocycles. The second kappa shape index (κ2) is 11.0. The molecule has 0 aliphatic rings. The van der Waals surface area contributed by atoms with E-state index in [-0.39, 0.29) is 0 Å². The van der Waals surface area contributed by atoms with Crippen molar-refractivity contribution < 1.29 is 4.74 Å². The summed E-state index contributed by atoms with van der Waals surface area (Å²) in [6.45, 7) is 10.8. The van der Waals surface area contributed by atoms with Crippen LogP contribution in [0.15, 0.2) is 41.9 Å². The average molecular weight is 321 g/mol. The number of nitrogens with one attached hydrogen (secondary N) is 2. The van der Waals surface area contributed by atoms with Gasteiger partial charge in [0, 0.05) is 23.9 Å². The minimum atomic E-state index is 0.504. The number of benzene rings is 1. The third-order valence-corrected chi connectivity index (χ3v) is 4.01. The van der Waals surface area contributed by atoms with Gasteiger partial charge in [0.2, 0.25) is 0 Å². The molecule has 1 unspecified atom stereocenters. The summed E-state index contributed by atoms with van der Waals surface area (Å²) in [6, 6.07) is 7.97. The lowest BCUT2D eigenvalue weighted by molar-refractivity contribution is 0.359. The lowest BCUT2D eigenvalue weighted by Gasteiger charge is -2.15. The van der Waals surface area contributed by atoms with Gasteiger partial charge < -0.3 is 15.4 Å². The molecule has 0 spiro atoms. The fraction of sp³-hybridized carbons (Fsp3) is 0.471. The molecule has 0 aromatic heterocycles. The number of aliphatic imine (C=N–C) groups is 1. The van der Waals surface area contributed by atoms with Gasteiger partial charge in [0.25, 0.3) is 0 Å². The SMILES string of the molecule is C=CCOc1ccccc1CN=C(NCC)NCC(C)SC. The Bertz CT molecular complexity index is 477. The lowest BCUT2D eigenvalue weighted by Crippen LogP contribution is -2.40. The highest BCUT2D eigenvalue weighted by Gasteiger charge is 2.04. The third-order valence-electron chi connectivity index (χ3n) is 3.04. The van der Waals surface area contributed by atoms with Crippen LogP contribution in [0.4, 0.5) is 0 Å². The van der Waals surface area contributed by atoms with Crippen LogP contribution in [0.25, 0.3) is 0 Å². The van der Waals surface area contributed by atoms with Crippen molar-refractivity contribution in [3.63, 3.8) is 0 Å². The van der Waals surface area contributed by atoms with E-state index < -0.39 is 0 Å². The Kier molecular flexibility index (Phi) is 9.23. The van der Waals surface area contributed by atoms with E-state index in [2.05, 4.69) is 42.3 Å². The predicted molar refractivity (Wildman–Crippen MR) is 97.9 cm³/mol. The topological polar surface area (TPSA) is 45.6 Å². The standard InChI is InChI=1S/C17H27N3OS/c1-5-11-21-16-10-8-7-9-15(16)13-20-17(18-6-2)19-12-14(3)22-4/h5,7-10,14H,1,6,11-13H2,2-4H3,(H2,18,19,20). The molecule has 0 aliphatic carbocycles. The number of nitrogens with zero attached hydrogens (tertiary/aromatic N) is 1. The smallest absolute Gasteiger partial charge is 0.191 e. The van der Waals surface area contributed by atoms with Crippen LogP contribution < -0.4 is 15.4 Å². The number of thioether (sulfide) groups is 1. The molecule has 0 amide bonds. The summed E-state index contributed by atoms with van der Waals surface area (Å²) in [6.07, 6.45) is 3.86. The number of guanidine groups is 1. The minimum absolute atomic E-state index is 0.504. The van der Waals surface area contributed by atoms with E-state index in [4.69, 9.17) is 4.74 Å². The van der Waals surface area contributed by atoms with E-state index in [1.165, 1.54) is 0 Å². The Morgan fingerprint density at radius 2 is 2.18 bits per heavy atom. The van der Waals surface area contributed by atoms with Crippen molar-refractivity contribution in [2.24, 2.45) is 4.99 Å². The third kappa shape index (κ3) is 6.89. The molecular weight excluding hydrogens is 294 g/mol. The van der Waals surface area contributed by atoms with Gasteiger partial charge in [-0.15, -0.1) is 0 Å². The van der Waals surface area contributed by atoms with Crippen molar-refractivity contribution in [1.29, 1.82) is 0 Å². The van der Waals surface area contributed by atoms with Crippen molar-refractivity contribution in [1.82, 2.24) is 10.6 Å². The average Bonchev–Trinajstić information content (AvgIpc) is 2.55. The number of hydrogen-bond donors (Lipinski definition) is 2. The minimum Gasteiger partial charge on any atom is -0.489 e. The first-order valence-corrected chi connectivity index (χ1v) is 8.86. The zero-order valence-electron chi connectivity index (χ0n) is 13.8. The molecule has 122 valence electrons. The molecule has 0 radical (unpaired) electrons. The first kappa shape index (κ1) is 18.4. The zero-order valence-corrected chi connectivity index (χ0v) is 14.6. The van der Waals surface area contributed by atoms with Gasteiger partial charge in [0.1, 0.15) is 12.4 Å². The maximum Gasteiger partial charge on any atom is 0.191 e. The van der Waals surface area contributed by atoms with Crippen LogP contribution in [0.2, 0.25) is 0 Å².